The fourth-order valence-electron chi connectivity index (χ4n) is 6.59. The van der Waals surface area contributed by atoms with Crippen molar-refractivity contribution in [1.82, 2.24) is 19.9 Å². The molecule has 0 saturated heterocycles. The van der Waals surface area contributed by atoms with Crippen LogP contribution in [0.5, 0.6) is 5.75 Å². The number of carbonyl (C=O) groups excluding carboxylic acids is 2. The number of rotatable bonds is 8. The molecule has 0 aliphatic carbocycles. The first-order valence-electron chi connectivity index (χ1n) is 15.0. The van der Waals surface area contributed by atoms with E-state index in [9.17, 15) is 9.59 Å². The number of hydrogen-bond donors (Lipinski definition) is 0. The monoisotopic (exact) mass is 566 g/mol. The van der Waals surface area contributed by atoms with Gasteiger partial charge in [-0.15, -0.1) is 5.10 Å². The lowest BCUT2D eigenvalue weighted by atomic mass is 9.83. The van der Waals surface area contributed by atoms with Crippen molar-refractivity contribution in [1.29, 1.82) is 0 Å². The summed E-state index contributed by atoms with van der Waals surface area (Å²) in [6, 6.07) is 14.6. The van der Waals surface area contributed by atoms with Gasteiger partial charge in [0.05, 0.1) is 30.7 Å². The molecule has 1 amide bonds. The Bertz CT molecular complexity index is 1670. The Hall–Kier alpha value is -4.20. The van der Waals surface area contributed by atoms with Gasteiger partial charge in [0.25, 0.3) is 5.91 Å². The minimum atomic E-state index is -0.240. The van der Waals surface area contributed by atoms with E-state index in [1.807, 2.05) is 37.9 Å². The summed E-state index contributed by atoms with van der Waals surface area (Å²) in [5.41, 5.74) is 10.3. The Kier molecular flexibility index (Phi) is 7.71. The van der Waals surface area contributed by atoms with E-state index in [1.54, 1.807) is 4.68 Å². The second-order valence-corrected chi connectivity index (χ2v) is 11.4. The van der Waals surface area contributed by atoms with Crippen molar-refractivity contribution >= 4 is 22.9 Å². The number of benzene rings is 3. The Labute approximate surface area is 246 Å². The van der Waals surface area contributed by atoms with E-state index in [0.29, 0.717) is 31.9 Å². The molecular formula is C34H38N4O4. The number of esters is 1. The van der Waals surface area contributed by atoms with Crippen LogP contribution in [0, 0.1) is 6.92 Å². The van der Waals surface area contributed by atoms with Gasteiger partial charge in [0, 0.05) is 38.0 Å². The summed E-state index contributed by atoms with van der Waals surface area (Å²) in [6.07, 6.45) is 3.92. The van der Waals surface area contributed by atoms with E-state index in [2.05, 4.69) is 47.6 Å². The van der Waals surface area contributed by atoms with Crippen molar-refractivity contribution in [2.24, 2.45) is 7.05 Å². The maximum absolute atomic E-state index is 13.8. The van der Waals surface area contributed by atoms with Crippen molar-refractivity contribution in [3.05, 3.63) is 87.0 Å². The Balaban J connectivity index is 1.32. The fourth-order valence-corrected chi connectivity index (χ4v) is 6.59. The smallest absolute Gasteiger partial charge is 0.306 e. The largest absolute Gasteiger partial charge is 0.492 e. The summed E-state index contributed by atoms with van der Waals surface area (Å²) < 4.78 is 13.1. The molecule has 8 nitrogen and oxygen atoms in total. The zero-order valence-electron chi connectivity index (χ0n) is 24.9. The molecule has 0 bridgehead atoms. The van der Waals surface area contributed by atoms with E-state index < -0.39 is 0 Å². The minimum Gasteiger partial charge on any atom is -0.492 e. The highest BCUT2D eigenvalue weighted by Crippen LogP contribution is 2.37. The number of amides is 1. The summed E-state index contributed by atoms with van der Waals surface area (Å²) >= 11 is 0. The zero-order chi connectivity index (χ0) is 29.4. The Morgan fingerprint density at radius 3 is 2.74 bits per heavy atom. The molecule has 4 aromatic rings. The summed E-state index contributed by atoms with van der Waals surface area (Å²) in [5, 5.41) is 8.57. The van der Waals surface area contributed by atoms with E-state index in [1.165, 1.54) is 16.7 Å². The molecule has 1 unspecified atom stereocenters. The lowest BCUT2D eigenvalue weighted by Crippen LogP contribution is -2.36. The molecule has 3 heterocycles. The normalized spacial score (nSPS) is 14.8. The number of ether oxygens (including phenoxy) is 2. The van der Waals surface area contributed by atoms with Gasteiger partial charge in [-0.25, -0.2) is 4.68 Å². The molecule has 0 radical (unpaired) electrons. The number of aromatic nitrogens is 3. The predicted molar refractivity (Wildman–Crippen MR) is 161 cm³/mol. The SMILES string of the molecule is CCCc1ccc(C(=O)N2CCc3ccc(C(CC(=O)OCC)c4ccc5c(nnn5C)c4C)cc3C2)c2c1CCO2. The predicted octanol–water partition coefficient (Wildman–Crippen LogP) is 5.45. The second kappa shape index (κ2) is 11.6. The van der Waals surface area contributed by atoms with Crippen LogP contribution in [-0.2, 0) is 42.4 Å². The van der Waals surface area contributed by atoms with Crippen molar-refractivity contribution in [2.75, 3.05) is 19.8 Å². The van der Waals surface area contributed by atoms with E-state index in [4.69, 9.17) is 9.47 Å². The molecule has 2 aliphatic heterocycles. The summed E-state index contributed by atoms with van der Waals surface area (Å²) in [4.78, 5) is 28.6. The van der Waals surface area contributed by atoms with Gasteiger partial charge < -0.3 is 14.4 Å². The van der Waals surface area contributed by atoms with Gasteiger partial charge in [-0.1, -0.05) is 48.9 Å². The molecule has 1 atom stereocenters. The first-order valence-corrected chi connectivity index (χ1v) is 15.0. The van der Waals surface area contributed by atoms with Gasteiger partial charge in [-0.2, -0.15) is 0 Å². The third-order valence-corrected chi connectivity index (χ3v) is 8.77. The van der Waals surface area contributed by atoms with E-state index >= 15 is 0 Å². The number of carbonyl (C=O) groups is 2. The van der Waals surface area contributed by atoms with Crippen LogP contribution in [-0.4, -0.2) is 51.5 Å². The minimum absolute atomic E-state index is 0.0132. The van der Waals surface area contributed by atoms with Crippen LogP contribution in [0.15, 0.2) is 42.5 Å². The van der Waals surface area contributed by atoms with Crippen molar-refractivity contribution in [3.63, 3.8) is 0 Å². The quantitative estimate of drug-likeness (QED) is 0.264. The molecule has 6 rings (SSSR count). The van der Waals surface area contributed by atoms with E-state index in [-0.39, 0.29) is 24.2 Å². The summed E-state index contributed by atoms with van der Waals surface area (Å²) in [6.45, 7) is 8.17. The molecule has 0 spiro atoms. The van der Waals surface area contributed by atoms with Gasteiger partial charge in [-0.05, 0) is 72.2 Å². The second-order valence-electron chi connectivity index (χ2n) is 11.4. The van der Waals surface area contributed by atoms with Gasteiger partial charge >= 0.3 is 5.97 Å². The molecule has 218 valence electrons. The van der Waals surface area contributed by atoms with Crippen LogP contribution in [0.4, 0.5) is 0 Å². The molecule has 0 N–H and O–H groups in total. The standard InChI is InChI=1S/C34H38N4O4/c1-5-7-23-10-11-28(33-27(23)15-17-42-33)34(40)38-16-14-22-8-9-24(18-25(22)20-38)29(19-31(39)41-6-2)26-12-13-30-32(21(26)3)35-36-37(30)4/h8-13,18,29H,5-7,14-17,19-20H2,1-4H3. The topological polar surface area (TPSA) is 86.5 Å². The van der Waals surface area contributed by atoms with Gasteiger partial charge in [0.2, 0.25) is 0 Å². The lowest BCUT2D eigenvalue weighted by molar-refractivity contribution is -0.143. The lowest BCUT2D eigenvalue weighted by Gasteiger charge is -2.30. The maximum Gasteiger partial charge on any atom is 0.306 e. The summed E-state index contributed by atoms with van der Waals surface area (Å²) in [5.74, 6) is 0.333. The van der Waals surface area contributed by atoms with Crippen LogP contribution >= 0.6 is 0 Å². The zero-order valence-corrected chi connectivity index (χ0v) is 24.9. The van der Waals surface area contributed by atoms with Crippen LogP contribution < -0.4 is 4.74 Å². The highest BCUT2D eigenvalue weighted by molar-refractivity contribution is 5.98. The van der Waals surface area contributed by atoms with Crippen LogP contribution in [0.1, 0.15) is 81.9 Å². The fraction of sp³-hybridized carbons (Fsp3) is 0.412. The van der Waals surface area contributed by atoms with Crippen molar-refractivity contribution in [3.8, 4) is 5.75 Å². The van der Waals surface area contributed by atoms with Gasteiger partial charge in [-0.3, -0.25) is 9.59 Å². The highest BCUT2D eigenvalue weighted by atomic mass is 16.5. The first-order chi connectivity index (χ1) is 20.4. The third-order valence-electron chi connectivity index (χ3n) is 8.77. The molecular weight excluding hydrogens is 528 g/mol. The average Bonchev–Trinajstić information content (AvgIpc) is 3.64. The first kappa shape index (κ1) is 27.9. The van der Waals surface area contributed by atoms with Crippen LogP contribution in [0.2, 0.25) is 0 Å². The number of nitrogens with zero attached hydrogens (tertiary/aromatic N) is 4. The maximum atomic E-state index is 13.8. The number of aryl methyl sites for hydroxylation is 3. The molecule has 8 heteroatoms. The molecule has 2 aliphatic rings. The average molecular weight is 567 g/mol. The van der Waals surface area contributed by atoms with Crippen molar-refractivity contribution < 1.29 is 19.1 Å². The van der Waals surface area contributed by atoms with Gasteiger partial charge in [0.1, 0.15) is 11.3 Å². The Morgan fingerprint density at radius 2 is 1.93 bits per heavy atom. The molecule has 3 aromatic carbocycles. The molecule has 1 aromatic heterocycles. The van der Waals surface area contributed by atoms with Gasteiger partial charge in [0.15, 0.2) is 0 Å². The van der Waals surface area contributed by atoms with E-state index in [0.717, 1.165) is 64.7 Å². The van der Waals surface area contributed by atoms with Crippen LogP contribution in [0.3, 0.4) is 0 Å². The number of fused-ring (bicyclic) bond motifs is 3. The highest BCUT2D eigenvalue weighted by Gasteiger charge is 2.30. The summed E-state index contributed by atoms with van der Waals surface area (Å²) in [7, 11) is 1.88. The Morgan fingerprint density at radius 1 is 1.07 bits per heavy atom. The third kappa shape index (κ3) is 5.03. The molecule has 0 fully saturated rings. The van der Waals surface area contributed by atoms with Crippen molar-refractivity contribution in [2.45, 2.75) is 65.3 Å². The molecule has 0 saturated carbocycles. The van der Waals surface area contributed by atoms with Crippen LogP contribution in [0.25, 0.3) is 11.0 Å². The number of hydrogen-bond acceptors (Lipinski definition) is 6. The molecule has 42 heavy (non-hydrogen) atoms.